The molecule has 4 heteroatoms. The first-order chi connectivity index (χ1) is 5.36. The second-order valence-electron chi connectivity index (χ2n) is 2.19. The molecule has 1 heterocycles. The van der Waals surface area contributed by atoms with Gasteiger partial charge in [-0.1, -0.05) is 0 Å². The molecule has 0 radical (unpaired) electrons. The van der Waals surface area contributed by atoms with Crippen molar-refractivity contribution in [3.05, 3.63) is 29.6 Å². The Morgan fingerprint density at radius 2 is 2.25 bits per heavy atom. The van der Waals surface area contributed by atoms with Crippen LogP contribution >= 0.6 is 12.4 Å². The Bertz CT molecular complexity index is 263. The maximum Gasteiger partial charge on any atom is 0.101 e. The third kappa shape index (κ3) is 2.87. The van der Waals surface area contributed by atoms with Crippen molar-refractivity contribution in [2.45, 2.75) is 6.42 Å². The minimum Gasteiger partial charge on any atom is -0.330 e. The summed E-state index contributed by atoms with van der Waals surface area (Å²) in [5.41, 5.74) is 6.85. The maximum absolute atomic E-state index is 8.44. The molecule has 1 aromatic heterocycles. The van der Waals surface area contributed by atoms with Gasteiger partial charge in [0.1, 0.15) is 6.07 Å². The maximum atomic E-state index is 8.44. The summed E-state index contributed by atoms with van der Waals surface area (Å²) in [5, 5.41) is 8.44. The van der Waals surface area contributed by atoms with Crippen LogP contribution in [0.15, 0.2) is 18.3 Å². The molecule has 0 bridgehead atoms. The molecule has 12 heavy (non-hydrogen) atoms. The van der Waals surface area contributed by atoms with Crippen molar-refractivity contribution >= 4 is 12.4 Å². The van der Waals surface area contributed by atoms with Gasteiger partial charge >= 0.3 is 0 Å². The molecule has 0 amide bonds. The topological polar surface area (TPSA) is 62.7 Å². The number of hydrogen-bond donors (Lipinski definition) is 1. The summed E-state index contributed by atoms with van der Waals surface area (Å²) in [7, 11) is 0. The summed E-state index contributed by atoms with van der Waals surface area (Å²) in [6, 6.07) is 5.58. The fraction of sp³-hybridized carbons (Fsp3) is 0.250. The average molecular weight is 184 g/mol. The number of hydrogen-bond acceptors (Lipinski definition) is 3. The fourth-order valence-electron chi connectivity index (χ4n) is 0.786. The van der Waals surface area contributed by atoms with E-state index in [9.17, 15) is 0 Å². The summed E-state index contributed by atoms with van der Waals surface area (Å²) in [6.07, 6.45) is 2.33. The van der Waals surface area contributed by atoms with Crippen LogP contribution in [0.2, 0.25) is 0 Å². The van der Waals surface area contributed by atoms with Crippen LogP contribution in [0.3, 0.4) is 0 Å². The Morgan fingerprint density at radius 3 is 2.67 bits per heavy atom. The molecule has 0 aromatic carbocycles. The monoisotopic (exact) mass is 183 g/mol. The molecular formula is C8H10ClN3. The molecule has 1 rings (SSSR count). The standard InChI is InChI=1S/C8H9N3.ClH/c9-4-3-8-2-1-7(5-10)6-11-8;/h1-2,6H,3-4,9H2;1H. The van der Waals surface area contributed by atoms with Crippen molar-refractivity contribution in [1.29, 1.82) is 5.26 Å². The Kier molecular flexibility index (Phi) is 5.02. The van der Waals surface area contributed by atoms with Crippen molar-refractivity contribution in [2.75, 3.05) is 6.54 Å². The van der Waals surface area contributed by atoms with Crippen LogP contribution in [0.1, 0.15) is 11.3 Å². The van der Waals surface area contributed by atoms with Gasteiger partial charge in [-0.15, -0.1) is 12.4 Å². The molecule has 0 unspecified atom stereocenters. The summed E-state index contributed by atoms with van der Waals surface area (Å²) in [6.45, 7) is 0.596. The minimum absolute atomic E-state index is 0. The van der Waals surface area contributed by atoms with E-state index in [0.717, 1.165) is 12.1 Å². The van der Waals surface area contributed by atoms with Gasteiger partial charge in [-0.05, 0) is 18.7 Å². The van der Waals surface area contributed by atoms with Crippen molar-refractivity contribution in [1.82, 2.24) is 4.98 Å². The summed E-state index contributed by atoms with van der Waals surface area (Å²) >= 11 is 0. The van der Waals surface area contributed by atoms with E-state index in [1.54, 1.807) is 12.3 Å². The molecule has 0 aliphatic rings. The highest BCUT2D eigenvalue weighted by Crippen LogP contribution is 1.98. The lowest BCUT2D eigenvalue weighted by molar-refractivity contribution is 0.922. The summed E-state index contributed by atoms with van der Waals surface area (Å²) in [5.74, 6) is 0. The molecule has 0 aliphatic carbocycles. The van der Waals surface area contributed by atoms with Gasteiger partial charge in [0.15, 0.2) is 0 Å². The number of pyridine rings is 1. The Balaban J connectivity index is 0.00000121. The molecule has 0 fully saturated rings. The van der Waals surface area contributed by atoms with Gasteiger partial charge in [0, 0.05) is 18.3 Å². The third-order valence-corrected chi connectivity index (χ3v) is 1.35. The van der Waals surface area contributed by atoms with Crippen molar-refractivity contribution in [2.24, 2.45) is 5.73 Å². The number of nitrogens with zero attached hydrogens (tertiary/aromatic N) is 2. The normalized spacial score (nSPS) is 8.33. The molecule has 0 saturated heterocycles. The first kappa shape index (κ1) is 10.9. The van der Waals surface area contributed by atoms with E-state index in [2.05, 4.69) is 4.98 Å². The van der Waals surface area contributed by atoms with Gasteiger partial charge in [-0.25, -0.2) is 0 Å². The molecule has 0 spiro atoms. The third-order valence-electron chi connectivity index (χ3n) is 1.35. The zero-order valence-corrected chi connectivity index (χ0v) is 7.34. The molecule has 0 saturated carbocycles. The Hall–Kier alpha value is -1.11. The fourth-order valence-corrected chi connectivity index (χ4v) is 0.786. The smallest absolute Gasteiger partial charge is 0.101 e. The van der Waals surface area contributed by atoms with Crippen LogP contribution in [0.5, 0.6) is 0 Å². The van der Waals surface area contributed by atoms with E-state index in [1.807, 2.05) is 12.1 Å². The SMILES string of the molecule is Cl.N#Cc1ccc(CCN)nc1. The quantitative estimate of drug-likeness (QED) is 0.741. The minimum atomic E-state index is 0. The van der Waals surface area contributed by atoms with Crippen molar-refractivity contribution < 1.29 is 0 Å². The molecule has 3 nitrogen and oxygen atoms in total. The second-order valence-corrected chi connectivity index (χ2v) is 2.19. The Labute approximate surface area is 77.6 Å². The average Bonchev–Trinajstić information content (AvgIpc) is 2.07. The van der Waals surface area contributed by atoms with Gasteiger partial charge in [0.25, 0.3) is 0 Å². The van der Waals surface area contributed by atoms with Gasteiger partial charge in [0.05, 0.1) is 5.56 Å². The van der Waals surface area contributed by atoms with E-state index in [0.29, 0.717) is 12.1 Å². The lowest BCUT2D eigenvalue weighted by atomic mass is 10.2. The van der Waals surface area contributed by atoms with Crippen LogP contribution in [0.4, 0.5) is 0 Å². The van der Waals surface area contributed by atoms with Crippen LogP contribution < -0.4 is 5.73 Å². The van der Waals surface area contributed by atoms with Crippen LogP contribution in [0, 0.1) is 11.3 Å². The largest absolute Gasteiger partial charge is 0.330 e. The first-order valence-corrected chi connectivity index (χ1v) is 3.42. The van der Waals surface area contributed by atoms with Crippen LogP contribution in [-0.4, -0.2) is 11.5 Å². The molecule has 0 aliphatic heterocycles. The van der Waals surface area contributed by atoms with E-state index in [4.69, 9.17) is 11.0 Å². The summed E-state index contributed by atoms with van der Waals surface area (Å²) < 4.78 is 0. The van der Waals surface area contributed by atoms with Crippen LogP contribution in [0.25, 0.3) is 0 Å². The second kappa shape index (κ2) is 5.53. The number of rotatable bonds is 2. The number of nitrogens with two attached hydrogens (primary N) is 1. The molecule has 0 atom stereocenters. The van der Waals surface area contributed by atoms with E-state index in [-0.39, 0.29) is 12.4 Å². The summed E-state index contributed by atoms with van der Waals surface area (Å²) in [4.78, 5) is 4.04. The van der Waals surface area contributed by atoms with Gasteiger partial charge in [-0.2, -0.15) is 5.26 Å². The zero-order valence-electron chi connectivity index (χ0n) is 6.53. The molecule has 2 N–H and O–H groups in total. The lowest BCUT2D eigenvalue weighted by Gasteiger charge is -1.95. The molecule has 64 valence electrons. The predicted octanol–water partition coefficient (Wildman–Crippen LogP) is 0.876. The first-order valence-electron chi connectivity index (χ1n) is 3.42. The van der Waals surface area contributed by atoms with E-state index in [1.165, 1.54) is 0 Å². The van der Waals surface area contributed by atoms with Crippen molar-refractivity contribution in [3.8, 4) is 6.07 Å². The highest BCUT2D eigenvalue weighted by molar-refractivity contribution is 5.85. The predicted molar refractivity (Wildman–Crippen MR) is 49.0 cm³/mol. The Morgan fingerprint density at radius 1 is 1.50 bits per heavy atom. The number of aromatic nitrogens is 1. The molecule has 1 aromatic rings. The van der Waals surface area contributed by atoms with Gasteiger partial charge in [-0.3, -0.25) is 4.98 Å². The van der Waals surface area contributed by atoms with E-state index >= 15 is 0 Å². The van der Waals surface area contributed by atoms with Crippen molar-refractivity contribution in [3.63, 3.8) is 0 Å². The zero-order chi connectivity index (χ0) is 8.10. The highest BCUT2D eigenvalue weighted by atomic mass is 35.5. The van der Waals surface area contributed by atoms with E-state index < -0.39 is 0 Å². The van der Waals surface area contributed by atoms with Crippen LogP contribution in [-0.2, 0) is 6.42 Å². The lowest BCUT2D eigenvalue weighted by Crippen LogP contribution is -2.03. The highest BCUT2D eigenvalue weighted by Gasteiger charge is 1.92. The number of halogens is 1. The van der Waals surface area contributed by atoms with Gasteiger partial charge in [0.2, 0.25) is 0 Å². The van der Waals surface area contributed by atoms with Gasteiger partial charge < -0.3 is 5.73 Å². The molecular weight excluding hydrogens is 174 g/mol. The number of nitriles is 1.